The van der Waals surface area contributed by atoms with Crippen molar-refractivity contribution >= 4 is 27.4 Å². The van der Waals surface area contributed by atoms with E-state index >= 15 is 0 Å². The monoisotopic (exact) mass is 393 g/mol. The topological polar surface area (TPSA) is 118 Å². The molecule has 0 radical (unpaired) electrons. The fourth-order valence-corrected chi connectivity index (χ4v) is 3.54. The third kappa shape index (κ3) is 4.54. The van der Waals surface area contributed by atoms with Crippen molar-refractivity contribution in [1.29, 1.82) is 0 Å². The highest BCUT2D eigenvalue weighted by atomic mass is 32.2. The standard InChI is InChI=1S/C18H23N3O5S/c1-5-14(6-2)21-11(3)16(10-19-21)17(22)20-13-7-12(18(23)24)8-15(9-13)27(4,25)26/h7-10,14H,5-6H2,1-4H3,(H,20,22)(H,23,24). The van der Waals surface area contributed by atoms with Gasteiger partial charge in [-0.05, 0) is 38.0 Å². The first-order chi connectivity index (χ1) is 12.6. The molecule has 0 aliphatic carbocycles. The van der Waals surface area contributed by atoms with Crippen LogP contribution in [0.25, 0.3) is 0 Å². The first-order valence-electron chi connectivity index (χ1n) is 8.52. The summed E-state index contributed by atoms with van der Waals surface area (Å²) in [5, 5.41) is 16.1. The quantitative estimate of drug-likeness (QED) is 0.747. The van der Waals surface area contributed by atoms with Crippen molar-refractivity contribution in [3.63, 3.8) is 0 Å². The van der Waals surface area contributed by atoms with Crippen molar-refractivity contribution < 1.29 is 23.1 Å². The molecule has 0 saturated carbocycles. The van der Waals surface area contributed by atoms with Gasteiger partial charge in [-0.1, -0.05) is 13.8 Å². The van der Waals surface area contributed by atoms with E-state index in [1.807, 2.05) is 13.8 Å². The maximum Gasteiger partial charge on any atom is 0.335 e. The Morgan fingerprint density at radius 1 is 1.22 bits per heavy atom. The van der Waals surface area contributed by atoms with Crippen LogP contribution in [0.2, 0.25) is 0 Å². The lowest BCUT2D eigenvalue weighted by Gasteiger charge is -2.15. The normalized spacial score (nSPS) is 11.6. The van der Waals surface area contributed by atoms with E-state index in [0.717, 1.165) is 25.2 Å². The molecule has 0 spiro atoms. The van der Waals surface area contributed by atoms with Gasteiger partial charge in [-0.2, -0.15) is 5.10 Å². The number of carbonyl (C=O) groups excluding carboxylic acids is 1. The lowest BCUT2D eigenvalue weighted by atomic mass is 10.1. The number of carboxylic acid groups (broad SMARTS) is 1. The summed E-state index contributed by atoms with van der Waals surface area (Å²) in [4.78, 5) is 23.7. The number of sulfone groups is 1. The average Bonchev–Trinajstić information content (AvgIpc) is 2.96. The zero-order valence-corrected chi connectivity index (χ0v) is 16.5. The van der Waals surface area contributed by atoms with Crippen LogP contribution in [0, 0.1) is 6.92 Å². The molecule has 0 saturated heterocycles. The van der Waals surface area contributed by atoms with E-state index < -0.39 is 21.7 Å². The highest BCUT2D eigenvalue weighted by Gasteiger charge is 2.20. The molecule has 2 aromatic rings. The van der Waals surface area contributed by atoms with Crippen LogP contribution in [0.1, 0.15) is 59.1 Å². The third-order valence-electron chi connectivity index (χ3n) is 4.42. The minimum Gasteiger partial charge on any atom is -0.478 e. The molecule has 0 bridgehead atoms. The molecule has 0 aliphatic rings. The minimum absolute atomic E-state index is 0.0926. The molecular formula is C18H23N3O5S. The maximum atomic E-state index is 12.6. The van der Waals surface area contributed by atoms with Crippen LogP contribution in [0.4, 0.5) is 5.69 Å². The van der Waals surface area contributed by atoms with Crippen LogP contribution in [0.3, 0.4) is 0 Å². The molecule has 1 aromatic heterocycles. The molecule has 146 valence electrons. The summed E-state index contributed by atoms with van der Waals surface area (Å²) in [7, 11) is -3.63. The number of hydrogen-bond donors (Lipinski definition) is 2. The summed E-state index contributed by atoms with van der Waals surface area (Å²) in [5.74, 6) is -1.76. The van der Waals surface area contributed by atoms with E-state index in [1.165, 1.54) is 18.3 Å². The number of aromatic nitrogens is 2. The van der Waals surface area contributed by atoms with Gasteiger partial charge in [0.1, 0.15) is 0 Å². The van der Waals surface area contributed by atoms with Crippen LogP contribution < -0.4 is 5.32 Å². The molecule has 2 rings (SSSR count). The number of benzene rings is 1. The van der Waals surface area contributed by atoms with E-state index in [2.05, 4.69) is 10.4 Å². The van der Waals surface area contributed by atoms with Crippen molar-refractivity contribution in [2.24, 2.45) is 0 Å². The molecular weight excluding hydrogens is 370 g/mol. The van der Waals surface area contributed by atoms with E-state index in [9.17, 15) is 23.1 Å². The third-order valence-corrected chi connectivity index (χ3v) is 5.51. The van der Waals surface area contributed by atoms with E-state index in [0.29, 0.717) is 11.3 Å². The molecule has 0 atom stereocenters. The Morgan fingerprint density at radius 2 is 1.85 bits per heavy atom. The first kappa shape index (κ1) is 20.6. The second-order valence-corrected chi connectivity index (χ2v) is 8.35. The zero-order valence-electron chi connectivity index (χ0n) is 15.7. The fraction of sp³-hybridized carbons (Fsp3) is 0.389. The first-order valence-corrected chi connectivity index (χ1v) is 10.4. The Morgan fingerprint density at radius 3 is 2.37 bits per heavy atom. The number of aromatic carboxylic acids is 1. The number of nitrogens with zero attached hydrogens (tertiary/aromatic N) is 2. The van der Waals surface area contributed by atoms with Gasteiger partial charge in [0, 0.05) is 17.6 Å². The van der Waals surface area contributed by atoms with Gasteiger partial charge in [-0.15, -0.1) is 0 Å². The molecule has 1 heterocycles. The number of hydrogen-bond acceptors (Lipinski definition) is 5. The second-order valence-electron chi connectivity index (χ2n) is 6.34. The Kier molecular flexibility index (Phi) is 6.04. The van der Waals surface area contributed by atoms with Crippen LogP contribution in [0.5, 0.6) is 0 Å². The summed E-state index contributed by atoms with van der Waals surface area (Å²) in [6.45, 7) is 5.87. The number of carbonyl (C=O) groups is 2. The smallest absolute Gasteiger partial charge is 0.335 e. The Bertz CT molecular complexity index is 975. The van der Waals surface area contributed by atoms with Gasteiger partial charge < -0.3 is 10.4 Å². The SMILES string of the molecule is CCC(CC)n1ncc(C(=O)Nc2cc(C(=O)O)cc(S(C)(=O)=O)c2)c1C. The van der Waals surface area contributed by atoms with Crippen LogP contribution in [0.15, 0.2) is 29.3 Å². The van der Waals surface area contributed by atoms with Gasteiger partial charge in [-0.3, -0.25) is 9.48 Å². The van der Waals surface area contributed by atoms with E-state index in [-0.39, 0.29) is 22.2 Å². The lowest BCUT2D eigenvalue weighted by Crippen LogP contribution is -2.16. The second kappa shape index (κ2) is 7.91. The van der Waals surface area contributed by atoms with Crippen molar-refractivity contribution in [3.8, 4) is 0 Å². The molecule has 9 heteroatoms. The van der Waals surface area contributed by atoms with E-state index in [1.54, 1.807) is 11.6 Å². The summed E-state index contributed by atoms with van der Waals surface area (Å²) < 4.78 is 25.4. The predicted molar refractivity (Wildman–Crippen MR) is 101 cm³/mol. The number of carboxylic acids is 1. The zero-order chi connectivity index (χ0) is 20.4. The van der Waals surface area contributed by atoms with Crippen molar-refractivity contribution in [2.45, 2.75) is 44.6 Å². The summed E-state index contributed by atoms with van der Waals surface area (Å²) >= 11 is 0. The van der Waals surface area contributed by atoms with Gasteiger partial charge >= 0.3 is 5.97 Å². The van der Waals surface area contributed by atoms with E-state index in [4.69, 9.17) is 0 Å². The number of rotatable bonds is 7. The van der Waals surface area contributed by atoms with Gasteiger partial charge in [0.05, 0.1) is 28.3 Å². The highest BCUT2D eigenvalue weighted by molar-refractivity contribution is 7.90. The van der Waals surface area contributed by atoms with Gasteiger partial charge in [0.15, 0.2) is 9.84 Å². The molecule has 1 aromatic carbocycles. The van der Waals surface area contributed by atoms with Crippen molar-refractivity contribution in [3.05, 3.63) is 41.2 Å². The molecule has 0 fully saturated rings. The molecule has 27 heavy (non-hydrogen) atoms. The molecule has 0 aliphatic heterocycles. The van der Waals surface area contributed by atoms with Crippen LogP contribution >= 0.6 is 0 Å². The largest absolute Gasteiger partial charge is 0.478 e. The van der Waals surface area contributed by atoms with Crippen LogP contribution in [-0.2, 0) is 9.84 Å². The number of amides is 1. The highest BCUT2D eigenvalue weighted by Crippen LogP contribution is 2.22. The summed E-state index contributed by atoms with van der Waals surface area (Å²) in [6, 6.07) is 3.69. The van der Waals surface area contributed by atoms with Crippen molar-refractivity contribution in [1.82, 2.24) is 9.78 Å². The van der Waals surface area contributed by atoms with Gasteiger partial charge in [0.25, 0.3) is 5.91 Å². The maximum absolute atomic E-state index is 12.6. The Hall–Kier alpha value is -2.68. The fourth-order valence-electron chi connectivity index (χ4n) is 2.86. The van der Waals surface area contributed by atoms with Gasteiger partial charge in [-0.25, -0.2) is 13.2 Å². The average molecular weight is 393 g/mol. The molecule has 8 nitrogen and oxygen atoms in total. The molecule has 2 N–H and O–H groups in total. The Balaban J connectivity index is 2.39. The number of anilines is 1. The summed E-state index contributed by atoms with van der Waals surface area (Å²) in [5.41, 5.74) is 0.912. The summed E-state index contributed by atoms with van der Waals surface area (Å²) in [6.07, 6.45) is 4.18. The minimum atomic E-state index is -3.63. The Labute approximate surface area is 158 Å². The number of nitrogens with one attached hydrogen (secondary N) is 1. The predicted octanol–water partition coefficient (Wildman–Crippen LogP) is 2.91. The van der Waals surface area contributed by atoms with Gasteiger partial charge in [0.2, 0.25) is 0 Å². The van der Waals surface area contributed by atoms with Crippen molar-refractivity contribution in [2.75, 3.05) is 11.6 Å². The molecule has 1 amide bonds. The lowest BCUT2D eigenvalue weighted by molar-refractivity contribution is 0.0696. The molecule has 0 unspecified atom stereocenters. The van der Waals surface area contributed by atoms with Crippen LogP contribution in [-0.4, -0.2) is 41.4 Å².